The van der Waals surface area contributed by atoms with Gasteiger partial charge in [-0.25, -0.2) is 4.79 Å². The highest BCUT2D eigenvalue weighted by atomic mass is 16.5. The molecule has 5 nitrogen and oxygen atoms in total. The summed E-state index contributed by atoms with van der Waals surface area (Å²) in [5, 5.41) is 0. The maximum Gasteiger partial charge on any atom is 0.338 e. The fourth-order valence-corrected chi connectivity index (χ4v) is 4.41. The van der Waals surface area contributed by atoms with Gasteiger partial charge in [-0.2, -0.15) is 0 Å². The van der Waals surface area contributed by atoms with Crippen molar-refractivity contribution in [3.05, 3.63) is 65.2 Å². The van der Waals surface area contributed by atoms with Crippen LogP contribution in [0.1, 0.15) is 60.5 Å². The summed E-state index contributed by atoms with van der Waals surface area (Å²) in [4.78, 5) is 26.7. The summed E-state index contributed by atoms with van der Waals surface area (Å²) < 4.78 is 5.04. The lowest BCUT2D eigenvalue weighted by Crippen LogP contribution is -2.31. The Kier molecular flexibility index (Phi) is 7.50. The van der Waals surface area contributed by atoms with E-state index >= 15 is 0 Å². The van der Waals surface area contributed by atoms with E-state index in [0.717, 1.165) is 25.1 Å². The van der Waals surface area contributed by atoms with Crippen molar-refractivity contribution in [1.29, 1.82) is 0 Å². The van der Waals surface area contributed by atoms with Gasteiger partial charge < -0.3 is 15.4 Å². The molecule has 0 aromatic heterocycles. The van der Waals surface area contributed by atoms with Gasteiger partial charge in [-0.15, -0.1) is 0 Å². The van der Waals surface area contributed by atoms with E-state index in [1.54, 1.807) is 19.1 Å². The topological polar surface area (TPSA) is 72.6 Å². The molecule has 1 aliphatic heterocycles. The third-order valence-corrected chi connectivity index (χ3v) is 5.89. The predicted molar refractivity (Wildman–Crippen MR) is 120 cm³/mol. The lowest BCUT2D eigenvalue weighted by atomic mass is 9.82. The molecule has 1 amide bonds. The van der Waals surface area contributed by atoms with E-state index in [1.807, 2.05) is 12.1 Å². The number of piperidine rings is 1. The van der Waals surface area contributed by atoms with Gasteiger partial charge in [0.25, 0.3) is 0 Å². The van der Waals surface area contributed by atoms with Crippen LogP contribution in [0, 0.1) is 5.92 Å². The maximum atomic E-state index is 12.4. The van der Waals surface area contributed by atoms with Crippen LogP contribution in [-0.4, -0.2) is 31.6 Å². The molecule has 2 unspecified atom stereocenters. The van der Waals surface area contributed by atoms with Crippen molar-refractivity contribution in [1.82, 2.24) is 0 Å². The van der Waals surface area contributed by atoms with Crippen molar-refractivity contribution >= 4 is 17.6 Å². The number of carbonyl (C=O) groups is 2. The van der Waals surface area contributed by atoms with E-state index in [1.165, 1.54) is 30.5 Å². The highest BCUT2D eigenvalue weighted by Crippen LogP contribution is 2.32. The molecule has 0 aliphatic carbocycles. The van der Waals surface area contributed by atoms with Gasteiger partial charge in [-0.3, -0.25) is 4.79 Å². The third-order valence-electron chi connectivity index (χ3n) is 5.89. The molecule has 0 bridgehead atoms. The fourth-order valence-electron chi connectivity index (χ4n) is 4.41. The van der Waals surface area contributed by atoms with Crippen LogP contribution in [0.2, 0.25) is 0 Å². The van der Waals surface area contributed by atoms with Gasteiger partial charge in [0, 0.05) is 18.8 Å². The second-order valence-corrected chi connectivity index (χ2v) is 8.08. The number of hydrogen-bond donors (Lipinski definition) is 1. The fraction of sp³-hybridized carbons (Fsp3) is 0.440. The van der Waals surface area contributed by atoms with Crippen molar-refractivity contribution in [2.75, 3.05) is 24.6 Å². The molecular weight excluding hydrogens is 376 g/mol. The molecule has 2 aromatic rings. The summed E-state index contributed by atoms with van der Waals surface area (Å²) in [6, 6.07) is 15.5. The minimum Gasteiger partial charge on any atom is -0.462 e. The first-order chi connectivity index (χ1) is 14.5. The van der Waals surface area contributed by atoms with Crippen LogP contribution in [0.5, 0.6) is 0 Å². The lowest BCUT2D eigenvalue weighted by Gasteiger charge is -2.32. The number of rotatable bonds is 8. The van der Waals surface area contributed by atoms with Crippen molar-refractivity contribution < 1.29 is 14.3 Å². The van der Waals surface area contributed by atoms with E-state index in [-0.39, 0.29) is 17.8 Å². The Labute approximate surface area is 179 Å². The Morgan fingerprint density at radius 3 is 2.33 bits per heavy atom. The van der Waals surface area contributed by atoms with Crippen LogP contribution in [0.4, 0.5) is 5.69 Å². The molecule has 160 valence electrons. The second kappa shape index (κ2) is 10.3. The Hall–Kier alpha value is -2.82. The minimum atomic E-state index is -0.421. The SMILES string of the molecule is CCOC(=O)c1ccc(C(C(N)=O)C(C)Cc2ccccc2N2CCCCC2)cc1. The largest absolute Gasteiger partial charge is 0.462 e. The van der Waals surface area contributed by atoms with Gasteiger partial charge in [0.2, 0.25) is 5.91 Å². The molecule has 1 saturated heterocycles. The number of ether oxygens (including phenoxy) is 1. The molecule has 0 saturated carbocycles. The predicted octanol–water partition coefficient (Wildman–Crippen LogP) is 4.30. The van der Waals surface area contributed by atoms with E-state index in [4.69, 9.17) is 10.5 Å². The molecule has 1 heterocycles. The van der Waals surface area contributed by atoms with Crippen LogP contribution in [0.3, 0.4) is 0 Å². The summed E-state index contributed by atoms with van der Waals surface area (Å²) >= 11 is 0. The number of hydrogen-bond acceptors (Lipinski definition) is 4. The molecule has 2 N–H and O–H groups in total. The first kappa shape index (κ1) is 21.9. The van der Waals surface area contributed by atoms with E-state index < -0.39 is 5.92 Å². The van der Waals surface area contributed by atoms with Gasteiger partial charge in [0.05, 0.1) is 18.1 Å². The number of para-hydroxylation sites is 1. The van der Waals surface area contributed by atoms with Crippen LogP contribution in [0.15, 0.2) is 48.5 Å². The molecule has 2 atom stereocenters. The monoisotopic (exact) mass is 408 g/mol. The summed E-state index contributed by atoms with van der Waals surface area (Å²) in [5.41, 5.74) is 9.64. The number of nitrogens with two attached hydrogens (primary N) is 1. The molecule has 30 heavy (non-hydrogen) atoms. The van der Waals surface area contributed by atoms with Crippen LogP contribution >= 0.6 is 0 Å². The normalized spacial score (nSPS) is 16.0. The number of carbonyl (C=O) groups excluding carboxylic acids is 2. The van der Waals surface area contributed by atoms with Gasteiger partial charge in [0.15, 0.2) is 0 Å². The maximum absolute atomic E-state index is 12.4. The Morgan fingerprint density at radius 2 is 1.70 bits per heavy atom. The van der Waals surface area contributed by atoms with Gasteiger partial charge in [0.1, 0.15) is 0 Å². The molecule has 0 spiro atoms. The Balaban J connectivity index is 1.79. The molecule has 1 aliphatic rings. The highest BCUT2D eigenvalue weighted by molar-refractivity contribution is 5.90. The number of esters is 1. The number of amides is 1. The minimum absolute atomic E-state index is 0.0295. The standard InChI is InChI=1S/C25H32N2O3/c1-3-30-25(29)20-13-11-19(12-14-20)23(24(26)28)18(2)17-21-9-5-6-10-22(21)27-15-7-4-8-16-27/h5-6,9-14,18,23H,3-4,7-8,15-17H2,1-2H3,(H2,26,28). The van der Waals surface area contributed by atoms with E-state index in [9.17, 15) is 9.59 Å². The molecule has 1 fully saturated rings. The van der Waals surface area contributed by atoms with Crippen LogP contribution in [0.25, 0.3) is 0 Å². The smallest absolute Gasteiger partial charge is 0.338 e. The average Bonchev–Trinajstić information content (AvgIpc) is 2.75. The highest BCUT2D eigenvalue weighted by Gasteiger charge is 2.27. The van der Waals surface area contributed by atoms with Crippen LogP contribution < -0.4 is 10.6 Å². The van der Waals surface area contributed by atoms with Crippen molar-refractivity contribution in [3.63, 3.8) is 0 Å². The van der Waals surface area contributed by atoms with Crippen molar-refractivity contribution in [3.8, 4) is 0 Å². The van der Waals surface area contributed by atoms with E-state index in [0.29, 0.717) is 12.2 Å². The first-order valence-corrected chi connectivity index (χ1v) is 10.9. The lowest BCUT2D eigenvalue weighted by molar-refractivity contribution is -0.120. The first-order valence-electron chi connectivity index (χ1n) is 10.9. The van der Waals surface area contributed by atoms with Gasteiger partial charge in [-0.1, -0.05) is 37.3 Å². The molecule has 2 aromatic carbocycles. The number of nitrogens with zero attached hydrogens (tertiary/aromatic N) is 1. The molecular formula is C25H32N2O3. The van der Waals surface area contributed by atoms with E-state index in [2.05, 4.69) is 36.1 Å². The molecule has 3 rings (SSSR count). The average molecular weight is 409 g/mol. The van der Waals surface area contributed by atoms with Crippen molar-refractivity contribution in [2.45, 2.75) is 45.4 Å². The zero-order valence-electron chi connectivity index (χ0n) is 18.0. The summed E-state index contributed by atoms with van der Waals surface area (Å²) in [7, 11) is 0. The van der Waals surface area contributed by atoms with Gasteiger partial charge >= 0.3 is 5.97 Å². The Morgan fingerprint density at radius 1 is 1.03 bits per heavy atom. The third kappa shape index (κ3) is 5.21. The number of benzene rings is 2. The number of anilines is 1. The Bertz CT molecular complexity index is 857. The summed E-state index contributed by atoms with van der Waals surface area (Å²) in [5.74, 6) is -1.09. The summed E-state index contributed by atoms with van der Waals surface area (Å²) in [6.07, 6.45) is 4.50. The van der Waals surface area contributed by atoms with Gasteiger partial charge in [-0.05, 0) is 67.9 Å². The quantitative estimate of drug-likeness (QED) is 0.661. The zero-order valence-corrected chi connectivity index (χ0v) is 18.0. The number of primary amides is 1. The second-order valence-electron chi connectivity index (χ2n) is 8.08. The summed E-state index contributed by atoms with van der Waals surface area (Å²) in [6.45, 7) is 6.35. The molecule has 0 radical (unpaired) electrons. The zero-order chi connectivity index (χ0) is 21.5. The molecule has 5 heteroatoms. The van der Waals surface area contributed by atoms with Crippen molar-refractivity contribution in [2.24, 2.45) is 11.7 Å². The van der Waals surface area contributed by atoms with Crippen LogP contribution in [-0.2, 0) is 16.0 Å².